The van der Waals surface area contributed by atoms with Crippen LogP contribution in [0.25, 0.3) is 0 Å². The van der Waals surface area contributed by atoms with Crippen LogP contribution in [0.2, 0.25) is 0 Å². The van der Waals surface area contributed by atoms with Gasteiger partial charge in [0.15, 0.2) is 13.2 Å². The van der Waals surface area contributed by atoms with Crippen LogP contribution in [0.15, 0.2) is 48.5 Å². The molecule has 0 aliphatic rings. The van der Waals surface area contributed by atoms with Gasteiger partial charge < -0.3 is 9.47 Å². The van der Waals surface area contributed by atoms with E-state index in [1.54, 1.807) is 12.1 Å². The molecule has 6 heteroatoms. The highest BCUT2D eigenvalue weighted by atomic mass is 16.5. The molecule has 0 heterocycles. The monoisotopic (exact) mass is 342 g/mol. The molecule has 0 bridgehead atoms. The SMILES string of the molecule is CCc1cccc(OCC(=O)NNC(=O)COc2cccc(C)c2)c1. The Kier molecular flexibility index (Phi) is 6.83. The molecule has 2 aromatic rings. The molecule has 25 heavy (non-hydrogen) atoms. The molecule has 2 rings (SSSR count). The zero-order chi connectivity index (χ0) is 18.1. The number of carbonyl (C=O) groups excluding carboxylic acids is 2. The lowest BCUT2D eigenvalue weighted by Gasteiger charge is -2.10. The fourth-order valence-corrected chi connectivity index (χ4v) is 2.07. The van der Waals surface area contributed by atoms with Crippen molar-refractivity contribution in [1.29, 1.82) is 0 Å². The van der Waals surface area contributed by atoms with Gasteiger partial charge in [-0.2, -0.15) is 0 Å². The van der Waals surface area contributed by atoms with E-state index in [1.165, 1.54) is 0 Å². The molecular weight excluding hydrogens is 320 g/mol. The summed E-state index contributed by atoms with van der Waals surface area (Å²) in [6, 6.07) is 14.9. The summed E-state index contributed by atoms with van der Waals surface area (Å²) in [5, 5.41) is 0. The van der Waals surface area contributed by atoms with Gasteiger partial charge in [0.2, 0.25) is 0 Å². The van der Waals surface area contributed by atoms with Gasteiger partial charge in [0.05, 0.1) is 0 Å². The van der Waals surface area contributed by atoms with E-state index in [9.17, 15) is 9.59 Å². The Balaban J connectivity index is 1.67. The van der Waals surface area contributed by atoms with E-state index >= 15 is 0 Å². The van der Waals surface area contributed by atoms with Gasteiger partial charge in [0.25, 0.3) is 11.8 Å². The Morgan fingerprint density at radius 3 is 2.00 bits per heavy atom. The molecule has 6 nitrogen and oxygen atoms in total. The van der Waals surface area contributed by atoms with Gasteiger partial charge in [-0.1, -0.05) is 31.2 Å². The second kappa shape index (κ2) is 9.32. The molecule has 0 saturated heterocycles. The summed E-state index contributed by atoms with van der Waals surface area (Å²) in [5.41, 5.74) is 6.73. The number of hydrogen-bond donors (Lipinski definition) is 2. The first-order valence-electron chi connectivity index (χ1n) is 8.05. The van der Waals surface area contributed by atoms with Crippen molar-refractivity contribution in [3.63, 3.8) is 0 Å². The lowest BCUT2D eigenvalue weighted by atomic mass is 10.2. The Labute approximate surface area is 147 Å². The topological polar surface area (TPSA) is 76.7 Å². The van der Waals surface area contributed by atoms with Crippen molar-refractivity contribution in [2.45, 2.75) is 20.3 Å². The fraction of sp³-hybridized carbons (Fsp3) is 0.263. The van der Waals surface area contributed by atoms with Crippen LogP contribution in [-0.2, 0) is 16.0 Å². The number of hydrogen-bond acceptors (Lipinski definition) is 4. The van der Waals surface area contributed by atoms with E-state index in [2.05, 4.69) is 10.9 Å². The number of benzene rings is 2. The second-order valence-electron chi connectivity index (χ2n) is 5.49. The molecule has 0 unspecified atom stereocenters. The first-order valence-corrected chi connectivity index (χ1v) is 8.05. The van der Waals surface area contributed by atoms with Crippen LogP contribution in [0.3, 0.4) is 0 Å². The normalized spacial score (nSPS) is 10.0. The average Bonchev–Trinajstić information content (AvgIpc) is 2.63. The van der Waals surface area contributed by atoms with Gasteiger partial charge in [-0.3, -0.25) is 20.4 Å². The molecule has 0 saturated carbocycles. The van der Waals surface area contributed by atoms with Crippen molar-refractivity contribution >= 4 is 11.8 Å². The van der Waals surface area contributed by atoms with Crippen molar-refractivity contribution in [1.82, 2.24) is 10.9 Å². The summed E-state index contributed by atoms with van der Waals surface area (Å²) in [6.45, 7) is 3.60. The minimum absolute atomic E-state index is 0.188. The number of amides is 2. The Morgan fingerprint density at radius 2 is 1.44 bits per heavy atom. The second-order valence-corrected chi connectivity index (χ2v) is 5.49. The molecule has 132 valence electrons. The van der Waals surface area contributed by atoms with Crippen molar-refractivity contribution in [3.05, 3.63) is 59.7 Å². The summed E-state index contributed by atoms with van der Waals surface area (Å²) >= 11 is 0. The number of ether oxygens (including phenoxy) is 2. The predicted molar refractivity (Wildman–Crippen MR) is 94.3 cm³/mol. The largest absolute Gasteiger partial charge is 0.484 e. The number of rotatable bonds is 7. The maximum Gasteiger partial charge on any atom is 0.276 e. The molecule has 0 aliphatic heterocycles. The highest BCUT2D eigenvalue weighted by Crippen LogP contribution is 2.13. The first kappa shape index (κ1) is 18.3. The molecule has 2 N–H and O–H groups in total. The molecule has 0 spiro atoms. The highest BCUT2D eigenvalue weighted by Gasteiger charge is 2.07. The minimum atomic E-state index is -0.456. The van der Waals surface area contributed by atoms with Crippen molar-refractivity contribution in [2.24, 2.45) is 0 Å². The summed E-state index contributed by atoms with van der Waals surface area (Å²) in [4.78, 5) is 23.4. The van der Waals surface area contributed by atoms with Crippen LogP contribution in [-0.4, -0.2) is 25.0 Å². The van der Waals surface area contributed by atoms with E-state index in [0.29, 0.717) is 11.5 Å². The van der Waals surface area contributed by atoms with Crippen molar-refractivity contribution in [3.8, 4) is 11.5 Å². The fourth-order valence-electron chi connectivity index (χ4n) is 2.07. The van der Waals surface area contributed by atoms with Crippen LogP contribution in [0.1, 0.15) is 18.1 Å². The summed E-state index contributed by atoms with van der Waals surface area (Å²) in [7, 11) is 0. The van der Waals surface area contributed by atoms with E-state index in [-0.39, 0.29) is 13.2 Å². The van der Waals surface area contributed by atoms with Crippen LogP contribution < -0.4 is 20.3 Å². The number of hydrazine groups is 1. The number of nitrogens with one attached hydrogen (secondary N) is 2. The zero-order valence-electron chi connectivity index (χ0n) is 14.4. The van der Waals surface area contributed by atoms with Gasteiger partial charge >= 0.3 is 0 Å². The molecule has 0 fully saturated rings. The predicted octanol–water partition coefficient (Wildman–Crippen LogP) is 2.16. The molecule has 2 aromatic carbocycles. The van der Waals surface area contributed by atoms with Gasteiger partial charge in [-0.25, -0.2) is 0 Å². The first-order chi connectivity index (χ1) is 12.1. The zero-order valence-corrected chi connectivity index (χ0v) is 14.4. The van der Waals surface area contributed by atoms with Crippen molar-refractivity contribution < 1.29 is 19.1 Å². The van der Waals surface area contributed by atoms with Gasteiger partial charge in [0.1, 0.15) is 11.5 Å². The Bertz CT molecular complexity index is 731. The minimum Gasteiger partial charge on any atom is -0.484 e. The van der Waals surface area contributed by atoms with Crippen molar-refractivity contribution in [2.75, 3.05) is 13.2 Å². The quantitative estimate of drug-likeness (QED) is 0.756. The molecular formula is C19H22N2O4. The van der Waals surface area contributed by atoms with E-state index in [0.717, 1.165) is 17.5 Å². The van der Waals surface area contributed by atoms with E-state index < -0.39 is 11.8 Å². The molecule has 2 amide bonds. The van der Waals surface area contributed by atoms with Crippen LogP contribution in [0, 0.1) is 6.92 Å². The number of aryl methyl sites for hydroxylation is 2. The number of carbonyl (C=O) groups is 2. The third-order valence-corrected chi connectivity index (χ3v) is 3.38. The standard InChI is InChI=1S/C19H22N2O4/c1-3-15-7-5-9-17(11-15)25-13-19(23)21-20-18(22)12-24-16-8-4-6-14(2)10-16/h4-11H,3,12-13H2,1-2H3,(H,20,22)(H,21,23). The summed E-state index contributed by atoms with van der Waals surface area (Å²) in [5.74, 6) is 0.304. The van der Waals surface area contributed by atoms with Crippen LogP contribution in [0.4, 0.5) is 0 Å². The average molecular weight is 342 g/mol. The molecule has 0 aliphatic carbocycles. The maximum atomic E-state index is 11.7. The molecule has 0 atom stereocenters. The lowest BCUT2D eigenvalue weighted by Crippen LogP contribution is -2.45. The van der Waals surface area contributed by atoms with Crippen LogP contribution >= 0.6 is 0 Å². The summed E-state index contributed by atoms with van der Waals surface area (Å²) in [6.07, 6.45) is 0.889. The van der Waals surface area contributed by atoms with Gasteiger partial charge in [-0.05, 0) is 48.7 Å². The van der Waals surface area contributed by atoms with E-state index in [1.807, 2.05) is 50.2 Å². The smallest absolute Gasteiger partial charge is 0.276 e. The van der Waals surface area contributed by atoms with Crippen LogP contribution in [0.5, 0.6) is 11.5 Å². The summed E-state index contributed by atoms with van der Waals surface area (Å²) < 4.78 is 10.7. The van der Waals surface area contributed by atoms with E-state index in [4.69, 9.17) is 9.47 Å². The van der Waals surface area contributed by atoms with Gasteiger partial charge in [0, 0.05) is 0 Å². The van der Waals surface area contributed by atoms with Gasteiger partial charge in [-0.15, -0.1) is 0 Å². The lowest BCUT2D eigenvalue weighted by molar-refractivity contribution is -0.131. The maximum absolute atomic E-state index is 11.7. The molecule has 0 radical (unpaired) electrons. The highest BCUT2D eigenvalue weighted by molar-refractivity contribution is 5.83. The third-order valence-electron chi connectivity index (χ3n) is 3.38. The molecule has 0 aromatic heterocycles. The Hall–Kier alpha value is -3.02. The third kappa shape index (κ3) is 6.55. The Morgan fingerprint density at radius 1 is 0.880 bits per heavy atom.